The molecule has 1 aliphatic carbocycles. The lowest BCUT2D eigenvalue weighted by atomic mass is 9.97. The van der Waals surface area contributed by atoms with Gasteiger partial charge in [0.15, 0.2) is 5.96 Å². The predicted molar refractivity (Wildman–Crippen MR) is 86.1 cm³/mol. The second-order valence-electron chi connectivity index (χ2n) is 4.03. The third-order valence-corrected chi connectivity index (χ3v) is 2.76. The van der Waals surface area contributed by atoms with Crippen molar-refractivity contribution >= 4 is 29.9 Å². The number of nitrogens with one attached hydrogen (secondary N) is 2. The molecule has 0 bridgehead atoms. The van der Waals surface area contributed by atoms with Crippen LogP contribution >= 0.6 is 24.0 Å². The lowest BCUT2D eigenvalue weighted by molar-refractivity contribution is 0.666. The van der Waals surface area contributed by atoms with Gasteiger partial charge in [0.25, 0.3) is 0 Å². The van der Waals surface area contributed by atoms with E-state index in [0.717, 1.165) is 25.5 Å². The Balaban J connectivity index is 0.00000256. The molecule has 2 N–H and O–H groups in total. The smallest absolute Gasteiger partial charge is 0.191 e. The van der Waals surface area contributed by atoms with Crippen molar-refractivity contribution in [1.82, 2.24) is 10.6 Å². The molecule has 0 radical (unpaired) electrons. The second kappa shape index (κ2) is 10.6. The van der Waals surface area contributed by atoms with Crippen LogP contribution in [0.2, 0.25) is 0 Å². The van der Waals surface area contributed by atoms with Gasteiger partial charge in [0.1, 0.15) is 0 Å². The molecule has 3 nitrogen and oxygen atoms in total. The summed E-state index contributed by atoms with van der Waals surface area (Å²) in [5, 5.41) is 6.46. The Morgan fingerprint density at radius 2 is 2.29 bits per heavy atom. The number of aliphatic imine (C=N–C) groups is 1. The van der Waals surface area contributed by atoms with Gasteiger partial charge in [-0.3, -0.25) is 4.99 Å². The van der Waals surface area contributed by atoms with E-state index >= 15 is 0 Å². The Hall–Kier alpha value is -0.520. The van der Waals surface area contributed by atoms with E-state index in [9.17, 15) is 0 Å². The van der Waals surface area contributed by atoms with Gasteiger partial charge in [-0.15, -0.1) is 30.6 Å². The Morgan fingerprint density at radius 3 is 2.88 bits per heavy atom. The van der Waals surface area contributed by atoms with Crippen LogP contribution in [0, 0.1) is 0 Å². The molecule has 0 atom stereocenters. The van der Waals surface area contributed by atoms with Gasteiger partial charge in [0.2, 0.25) is 0 Å². The molecule has 0 aromatic rings. The number of rotatable bonds is 5. The highest BCUT2D eigenvalue weighted by molar-refractivity contribution is 14.0. The van der Waals surface area contributed by atoms with Crippen LogP contribution in [0.3, 0.4) is 0 Å². The van der Waals surface area contributed by atoms with Gasteiger partial charge in [0, 0.05) is 20.1 Å². The summed E-state index contributed by atoms with van der Waals surface area (Å²) in [6.07, 6.45) is 10.6. The average molecular weight is 349 g/mol. The van der Waals surface area contributed by atoms with Gasteiger partial charge < -0.3 is 10.6 Å². The molecule has 17 heavy (non-hydrogen) atoms. The molecule has 0 aromatic carbocycles. The molecule has 0 heterocycles. The predicted octanol–water partition coefficient (Wildman–Crippen LogP) is 2.85. The first-order valence-corrected chi connectivity index (χ1v) is 6.10. The quantitative estimate of drug-likeness (QED) is 0.347. The van der Waals surface area contributed by atoms with Crippen molar-refractivity contribution in [2.24, 2.45) is 4.99 Å². The van der Waals surface area contributed by atoms with Crippen LogP contribution in [0.5, 0.6) is 0 Å². The molecular formula is C13H24IN3. The molecule has 98 valence electrons. The first kappa shape index (κ1) is 16.5. The lowest BCUT2D eigenvalue weighted by Gasteiger charge is -2.14. The van der Waals surface area contributed by atoms with Crippen molar-refractivity contribution in [2.45, 2.75) is 32.1 Å². The molecule has 0 aliphatic heterocycles. The van der Waals surface area contributed by atoms with Crippen molar-refractivity contribution in [3.05, 3.63) is 24.3 Å². The molecule has 1 aliphatic rings. The minimum Gasteiger partial charge on any atom is -0.356 e. The zero-order chi connectivity index (χ0) is 11.6. The van der Waals surface area contributed by atoms with E-state index in [2.05, 4.69) is 28.3 Å². The maximum absolute atomic E-state index is 4.14. The lowest BCUT2D eigenvalue weighted by Crippen LogP contribution is -2.37. The molecule has 1 rings (SSSR count). The zero-order valence-corrected chi connectivity index (χ0v) is 13.0. The fourth-order valence-corrected chi connectivity index (χ4v) is 1.86. The summed E-state index contributed by atoms with van der Waals surface area (Å²) in [7, 11) is 1.79. The normalized spacial score (nSPS) is 15.6. The first-order chi connectivity index (χ1) is 7.86. The molecule has 0 saturated heterocycles. The standard InChI is InChI=1S/C13H23N3.HI/c1-3-10-15-13(14-2)16-11-9-12-7-5-4-6-8-12;/h3,7H,1,4-6,8-11H2,2H3,(H2,14,15,16);1H. The van der Waals surface area contributed by atoms with Gasteiger partial charge in [-0.25, -0.2) is 0 Å². The van der Waals surface area contributed by atoms with Gasteiger partial charge in [0.05, 0.1) is 0 Å². The fourth-order valence-electron chi connectivity index (χ4n) is 1.86. The highest BCUT2D eigenvalue weighted by Crippen LogP contribution is 2.19. The van der Waals surface area contributed by atoms with Crippen LogP contribution in [0.25, 0.3) is 0 Å². The van der Waals surface area contributed by atoms with E-state index in [1.807, 2.05) is 6.08 Å². The number of halogens is 1. The minimum atomic E-state index is 0. The molecule has 0 spiro atoms. The number of hydrogen-bond acceptors (Lipinski definition) is 1. The Bertz CT molecular complexity index is 272. The second-order valence-corrected chi connectivity index (χ2v) is 4.03. The summed E-state index contributed by atoms with van der Waals surface area (Å²) >= 11 is 0. The van der Waals surface area contributed by atoms with Crippen molar-refractivity contribution in [3.63, 3.8) is 0 Å². The highest BCUT2D eigenvalue weighted by atomic mass is 127. The van der Waals surface area contributed by atoms with Crippen molar-refractivity contribution in [3.8, 4) is 0 Å². The average Bonchev–Trinajstić information content (AvgIpc) is 2.35. The number of guanidine groups is 1. The summed E-state index contributed by atoms with van der Waals surface area (Å²) in [6, 6.07) is 0. The molecule has 0 fully saturated rings. The number of nitrogens with zero attached hydrogens (tertiary/aromatic N) is 1. The van der Waals surface area contributed by atoms with E-state index in [1.54, 1.807) is 12.6 Å². The number of hydrogen-bond donors (Lipinski definition) is 2. The van der Waals surface area contributed by atoms with Gasteiger partial charge in [-0.05, 0) is 32.1 Å². The topological polar surface area (TPSA) is 36.4 Å². The van der Waals surface area contributed by atoms with Gasteiger partial charge in [-0.1, -0.05) is 17.7 Å². The van der Waals surface area contributed by atoms with Crippen molar-refractivity contribution in [1.29, 1.82) is 0 Å². The van der Waals surface area contributed by atoms with Crippen LogP contribution in [0.1, 0.15) is 32.1 Å². The van der Waals surface area contributed by atoms with E-state index < -0.39 is 0 Å². The molecular weight excluding hydrogens is 325 g/mol. The van der Waals surface area contributed by atoms with E-state index in [1.165, 1.54) is 25.7 Å². The van der Waals surface area contributed by atoms with Crippen LogP contribution in [-0.2, 0) is 0 Å². The summed E-state index contributed by atoms with van der Waals surface area (Å²) < 4.78 is 0. The van der Waals surface area contributed by atoms with E-state index in [4.69, 9.17) is 0 Å². The van der Waals surface area contributed by atoms with E-state index in [0.29, 0.717) is 0 Å². The third-order valence-electron chi connectivity index (χ3n) is 2.76. The maximum Gasteiger partial charge on any atom is 0.191 e. The Morgan fingerprint density at radius 1 is 1.47 bits per heavy atom. The SMILES string of the molecule is C=CCNC(=NC)NCCC1=CCCCC1.I. The summed E-state index contributed by atoms with van der Waals surface area (Å²) in [5.41, 5.74) is 1.60. The largest absolute Gasteiger partial charge is 0.356 e. The molecule has 0 amide bonds. The van der Waals surface area contributed by atoms with Crippen LogP contribution in [-0.4, -0.2) is 26.1 Å². The first-order valence-electron chi connectivity index (χ1n) is 6.10. The van der Waals surface area contributed by atoms with Crippen molar-refractivity contribution in [2.75, 3.05) is 20.1 Å². The van der Waals surface area contributed by atoms with E-state index in [-0.39, 0.29) is 24.0 Å². The maximum atomic E-state index is 4.14. The van der Waals surface area contributed by atoms with Crippen LogP contribution < -0.4 is 10.6 Å². The summed E-state index contributed by atoms with van der Waals surface area (Å²) in [4.78, 5) is 4.14. The zero-order valence-electron chi connectivity index (χ0n) is 10.7. The monoisotopic (exact) mass is 349 g/mol. The summed E-state index contributed by atoms with van der Waals surface area (Å²) in [5.74, 6) is 0.858. The minimum absolute atomic E-state index is 0. The Labute approximate surface area is 122 Å². The van der Waals surface area contributed by atoms with Crippen molar-refractivity contribution < 1.29 is 0 Å². The summed E-state index contributed by atoms with van der Waals surface area (Å²) in [6.45, 7) is 5.38. The van der Waals surface area contributed by atoms with Gasteiger partial charge in [-0.2, -0.15) is 0 Å². The molecule has 0 saturated carbocycles. The van der Waals surface area contributed by atoms with Crippen LogP contribution in [0.4, 0.5) is 0 Å². The molecule has 0 aromatic heterocycles. The van der Waals surface area contributed by atoms with Gasteiger partial charge >= 0.3 is 0 Å². The number of allylic oxidation sites excluding steroid dienone is 1. The third kappa shape index (κ3) is 7.41. The molecule has 0 unspecified atom stereocenters. The highest BCUT2D eigenvalue weighted by Gasteiger charge is 2.03. The fraction of sp³-hybridized carbons (Fsp3) is 0.615. The van der Waals surface area contributed by atoms with Crippen LogP contribution in [0.15, 0.2) is 29.3 Å². The molecule has 4 heteroatoms. The Kier molecular flexibility index (Phi) is 10.3.